The zero-order chi connectivity index (χ0) is 17.8. The Kier molecular flexibility index (Phi) is 4.66. The maximum absolute atomic E-state index is 12.3. The van der Waals surface area contributed by atoms with Crippen molar-refractivity contribution in [2.75, 3.05) is 11.1 Å². The van der Waals surface area contributed by atoms with Gasteiger partial charge in [-0.05, 0) is 61.9 Å². The van der Waals surface area contributed by atoms with Gasteiger partial charge in [0.15, 0.2) is 0 Å². The Bertz CT molecular complexity index is 905. The second-order valence-electron chi connectivity index (χ2n) is 5.73. The molecule has 3 N–H and O–H groups in total. The molecular weight excluding hydrogens is 314 g/mol. The molecule has 126 valence electrons. The minimum atomic E-state index is -0.294. The molecular formula is C20H19N3O2. The fraction of sp³-hybridized carbons (Fsp3) is 0.100. The molecule has 0 spiro atoms. The van der Waals surface area contributed by atoms with Gasteiger partial charge in [-0.15, -0.1) is 0 Å². The van der Waals surface area contributed by atoms with Crippen LogP contribution in [0.5, 0.6) is 11.5 Å². The minimum Gasteiger partial charge on any atom is -0.457 e. The van der Waals surface area contributed by atoms with Gasteiger partial charge in [-0.1, -0.05) is 18.2 Å². The number of hydrogen-bond acceptors (Lipinski definition) is 4. The number of anilines is 2. The number of nitrogens with one attached hydrogen (secondary N) is 1. The van der Waals surface area contributed by atoms with Gasteiger partial charge < -0.3 is 15.8 Å². The molecule has 0 aliphatic rings. The molecule has 1 aromatic heterocycles. The molecule has 0 unspecified atom stereocenters. The lowest BCUT2D eigenvalue weighted by atomic mass is 10.2. The molecule has 3 aromatic rings. The summed E-state index contributed by atoms with van der Waals surface area (Å²) in [6.45, 7) is 3.81. The summed E-state index contributed by atoms with van der Waals surface area (Å²) in [6.07, 6.45) is 0. The molecule has 3 rings (SSSR count). The highest BCUT2D eigenvalue weighted by Gasteiger charge is 2.11. The number of aryl methyl sites for hydroxylation is 2. The third-order valence-corrected chi connectivity index (χ3v) is 3.74. The van der Waals surface area contributed by atoms with Crippen molar-refractivity contribution in [1.29, 1.82) is 0 Å². The number of carbonyl (C=O) groups is 1. The second kappa shape index (κ2) is 7.05. The monoisotopic (exact) mass is 333 g/mol. The number of rotatable bonds is 4. The van der Waals surface area contributed by atoms with E-state index in [4.69, 9.17) is 10.5 Å². The number of nitrogens with two attached hydrogens (primary N) is 1. The molecule has 0 aliphatic heterocycles. The van der Waals surface area contributed by atoms with Crippen molar-refractivity contribution in [3.63, 3.8) is 0 Å². The van der Waals surface area contributed by atoms with Crippen LogP contribution in [0.1, 0.15) is 21.6 Å². The number of nitrogens with zero attached hydrogens (tertiary/aromatic N) is 1. The predicted molar refractivity (Wildman–Crippen MR) is 99.0 cm³/mol. The van der Waals surface area contributed by atoms with Gasteiger partial charge in [0.05, 0.1) is 5.56 Å². The summed E-state index contributed by atoms with van der Waals surface area (Å²) < 4.78 is 5.84. The van der Waals surface area contributed by atoms with Crippen LogP contribution in [0.3, 0.4) is 0 Å². The van der Waals surface area contributed by atoms with Crippen LogP contribution in [0.15, 0.2) is 60.7 Å². The van der Waals surface area contributed by atoms with Crippen molar-refractivity contribution in [2.45, 2.75) is 13.8 Å². The summed E-state index contributed by atoms with van der Waals surface area (Å²) in [7, 11) is 0. The summed E-state index contributed by atoms with van der Waals surface area (Å²) in [4.78, 5) is 16.4. The lowest BCUT2D eigenvalue weighted by Gasteiger charge is -2.10. The number of carbonyl (C=O) groups excluding carboxylic acids is 1. The summed E-state index contributed by atoms with van der Waals surface area (Å²) in [5.41, 5.74) is 8.64. The van der Waals surface area contributed by atoms with E-state index >= 15 is 0 Å². The normalized spacial score (nSPS) is 10.3. The zero-order valence-electron chi connectivity index (χ0n) is 14.1. The standard InChI is InChI=1S/C20H19N3O2/c1-13-5-3-4-6-18(13)25-16-10-8-15(9-11-16)23-20(24)17-12-7-14(2)22-19(17)21/h3-12H,1-2H3,(H2,21,22)(H,23,24). The maximum atomic E-state index is 12.3. The molecule has 0 radical (unpaired) electrons. The summed E-state index contributed by atoms with van der Waals surface area (Å²) in [5, 5.41) is 2.81. The molecule has 25 heavy (non-hydrogen) atoms. The fourth-order valence-electron chi connectivity index (χ4n) is 2.37. The summed E-state index contributed by atoms with van der Waals surface area (Å²) in [5.74, 6) is 1.43. The first-order chi connectivity index (χ1) is 12.0. The van der Waals surface area contributed by atoms with Crippen molar-refractivity contribution < 1.29 is 9.53 Å². The number of benzene rings is 2. The van der Waals surface area contributed by atoms with Crippen molar-refractivity contribution in [2.24, 2.45) is 0 Å². The van der Waals surface area contributed by atoms with Crippen LogP contribution in [0.2, 0.25) is 0 Å². The summed E-state index contributed by atoms with van der Waals surface area (Å²) >= 11 is 0. The SMILES string of the molecule is Cc1ccc(C(=O)Nc2ccc(Oc3ccccc3C)cc2)c(N)n1. The zero-order valence-corrected chi connectivity index (χ0v) is 14.1. The van der Waals surface area contributed by atoms with E-state index in [1.165, 1.54) is 0 Å². The minimum absolute atomic E-state index is 0.219. The third kappa shape index (κ3) is 3.95. The Morgan fingerprint density at radius 2 is 1.72 bits per heavy atom. The highest BCUT2D eigenvalue weighted by atomic mass is 16.5. The molecule has 5 heteroatoms. The lowest BCUT2D eigenvalue weighted by molar-refractivity contribution is 0.102. The van der Waals surface area contributed by atoms with E-state index in [-0.39, 0.29) is 11.7 Å². The van der Waals surface area contributed by atoms with Gasteiger partial charge >= 0.3 is 0 Å². The van der Waals surface area contributed by atoms with Gasteiger partial charge in [-0.2, -0.15) is 0 Å². The van der Waals surface area contributed by atoms with Crippen LogP contribution in [0.25, 0.3) is 0 Å². The molecule has 0 atom stereocenters. The number of hydrogen-bond donors (Lipinski definition) is 2. The number of para-hydroxylation sites is 1. The molecule has 0 saturated carbocycles. The highest BCUT2D eigenvalue weighted by molar-refractivity contribution is 6.07. The van der Waals surface area contributed by atoms with E-state index in [0.717, 1.165) is 17.0 Å². The Labute approximate surface area is 146 Å². The molecule has 0 fully saturated rings. The molecule has 2 aromatic carbocycles. The molecule has 0 aliphatic carbocycles. The summed E-state index contributed by atoms with van der Waals surface area (Å²) in [6, 6.07) is 18.4. The Morgan fingerprint density at radius 3 is 2.40 bits per heavy atom. The van der Waals surface area contributed by atoms with Crippen LogP contribution in [-0.4, -0.2) is 10.9 Å². The van der Waals surface area contributed by atoms with Gasteiger partial charge in [-0.25, -0.2) is 4.98 Å². The van der Waals surface area contributed by atoms with E-state index in [1.807, 2.05) is 38.1 Å². The Hall–Kier alpha value is -3.34. The van der Waals surface area contributed by atoms with Crippen LogP contribution in [0, 0.1) is 13.8 Å². The highest BCUT2D eigenvalue weighted by Crippen LogP contribution is 2.26. The molecule has 0 bridgehead atoms. The van der Waals surface area contributed by atoms with E-state index in [2.05, 4.69) is 10.3 Å². The first-order valence-corrected chi connectivity index (χ1v) is 7.91. The number of ether oxygens (including phenoxy) is 1. The Balaban J connectivity index is 1.70. The topological polar surface area (TPSA) is 77.2 Å². The van der Waals surface area contributed by atoms with Gasteiger partial charge in [0.1, 0.15) is 17.3 Å². The van der Waals surface area contributed by atoms with Crippen molar-refractivity contribution >= 4 is 17.4 Å². The smallest absolute Gasteiger partial charge is 0.259 e. The lowest BCUT2D eigenvalue weighted by Crippen LogP contribution is -2.15. The average Bonchev–Trinajstić information content (AvgIpc) is 2.58. The molecule has 1 amide bonds. The van der Waals surface area contributed by atoms with Crippen LogP contribution in [-0.2, 0) is 0 Å². The first-order valence-electron chi connectivity index (χ1n) is 7.91. The van der Waals surface area contributed by atoms with E-state index in [9.17, 15) is 4.79 Å². The number of amides is 1. The van der Waals surface area contributed by atoms with E-state index < -0.39 is 0 Å². The quantitative estimate of drug-likeness (QED) is 0.745. The van der Waals surface area contributed by atoms with Gasteiger partial charge in [0.2, 0.25) is 0 Å². The van der Waals surface area contributed by atoms with Crippen molar-refractivity contribution in [3.05, 3.63) is 77.5 Å². The van der Waals surface area contributed by atoms with Gasteiger partial charge in [-0.3, -0.25) is 4.79 Å². The third-order valence-electron chi connectivity index (χ3n) is 3.74. The number of aromatic nitrogens is 1. The van der Waals surface area contributed by atoms with Crippen LogP contribution < -0.4 is 15.8 Å². The average molecular weight is 333 g/mol. The molecule has 5 nitrogen and oxygen atoms in total. The van der Waals surface area contributed by atoms with Crippen molar-refractivity contribution in [1.82, 2.24) is 4.98 Å². The maximum Gasteiger partial charge on any atom is 0.259 e. The van der Waals surface area contributed by atoms with Gasteiger partial charge in [0, 0.05) is 11.4 Å². The van der Waals surface area contributed by atoms with Crippen LogP contribution in [0.4, 0.5) is 11.5 Å². The van der Waals surface area contributed by atoms with Crippen molar-refractivity contribution in [3.8, 4) is 11.5 Å². The molecule has 1 heterocycles. The fourth-order valence-corrected chi connectivity index (χ4v) is 2.37. The number of nitrogen functional groups attached to an aromatic ring is 1. The second-order valence-corrected chi connectivity index (χ2v) is 5.73. The van der Waals surface area contributed by atoms with Gasteiger partial charge in [0.25, 0.3) is 5.91 Å². The van der Waals surface area contributed by atoms with E-state index in [1.54, 1.807) is 36.4 Å². The Morgan fingerprint density at radius 1 is 1.00 bits per heavy atom. The largest absolute Gasteiger partial charge is 0.457 e. The van der Waals surface area contributed by atoms with Crippen LogP contribution >= 0.6 is 0 Å². The molecule has 0 saturated heterocycles. The van der Waals surface area contributed by atoms with E-state index in [0.29, 0.717) is 17.0 Å². The predicted octanol–water partition coefficient (Wildman–Crippen LogP) is 4.33. The number of pyridine rings is 1. The first kappa shape index (κ1) is 16.5.